The Morgan fingerprint density at radius 1 is 1.25 bits per heavy atom. The number of ether oxygens (including phenoxy) is 1. The Bertz CT molecular complexity index is 892. The Kier molecular flexibility index (Phi) is 4.33. The maximum absolute atomic E-state index is 13.7. The number of hydrogen-bond acceptors (Lipinski definition) is 5. The number of rotatable bonds is 5. The highest BCUT2D eigenvalue weighted by Crippen LogP contribution is 2.19. The van der Waals surface area contributed by atoms with E-state index in [1.54, 1.807) is 0 Å². The fourth-order valence-electron chi connectivity index (χ4n) is 2.30. The molecule has 2 aromatic carbocycles. The highest BCUT2D eigenvalue weighted by molar-refractivity contribution is 5.95. The van der Waals surface area contributed by atoms with Gasteiger partial charge in [-0.25, -0.2) is 4.39 Å². The first kappa shape index (κ1) is 15.8. The van der Waals surface area contributed by atoms with Gasteiger partial charge < -0.3 is 4.74 Å². The van der Waals surface area contributed by atoms with Crippen LogP contribution in [0.4, 0.5) is 4.39 Å². The minimum absolute atomic E-state index is 0.0901. The Hall–Kier alpha value is -3.09. The molecule has 0 aliphatic carbocycles. The van der Waals surface area contributed by atoms with Crippen LogP contribution >= 0.6 is 0 Å². The molecule has 1 aromatic heterocycles. The maximum Gasteiger partial charge on any atom is 0.205 e. The van der Waals surface area contributed by atoms with Gasteiger partial charge >= 0.3 is 0 Å². The lowest BCUT2D eigenvalue weighted by Gasteiger charge is -2.04. The Morgan fingerprint density at radius 2 is 2.04 bits per heavy atom. The van der Waals surface area contributed by atoms with Crippen LogP contribution in [0.2, 0.25) is 0 Å². The van der Waals surface area contributed by atoms with Gasteiger partial charge in [0.15, 0.2) is 17.3 Å². The van der Waals surface area contributed by atoms with Gasteiger partial charge in [0, 0.05) is 11.1 Å². The smallest absolute Gasteiger partial charge is 0.205 e. The minimum atomic E-state index is -0.588. The van der Waals surface area contributed by atoms with Crippen LogP contribution in [-0.4, -0.2) is 33.1 Å². The first-order valence-electron chi connectivity index (χ1n) is 7.29. The van der Waals surface area contributed by atoms with Gasteiger partial charge in [0.05, 0.1) is 7.11 Å². The van der Waals surface area contributed by atoms with Crippen LogP contribution in [0, 0.1) is 12.7 Å². The first-order valence-corrected chi connectivity index (χ1v) is 7.29. The van der Waals surface area contributed by atoms with Crippen molar-refractivity contribution in [1.82, 2.24) is 20.2 Å². The summed E-state index contributed by atoms with van der Waals surface area (Å²) < 4.78 is 18.5. The van der Waals surface area contributed by atoms with E-state index in [1.165, 1.54) is 24.0 Å². The van der Waals surface area contributed by atoms with Crippen molar-refractivity contribution >= 4 is 5.78 Å². The van der Waals surface area contributed by atoms with Gasteiger partial charge in [-0.05, 0) is 35.9 Å². The van der Waals surface area contributed by atoms with Crippen molar-refractivity contribution in [3.8, 4) is 17.1 Å². The molecule has 0 saturated heterocycles. The Morgan fingerprint density at radius 3 is 2.75 bits per heavy atom. The van der Waals surface area contributed by atoms with E-state index < -0.39 is 5.82 Å². The molecule has 0 spiro atoms. The third-order valence-corrected chi connectivity index (χ3v) is 3.60. The largest absolute Gasteiger partial charge is 0.494 e. The molecule has 1 heterocycles. The van der Waals surface area contributed by atoms with Crippen LogP contribution in [0.5, 0.6) is 5.75 Å². The number of tetrazole rings is 1. The summed E-state index contributed by atoms with van der Waals surface area (Å²) in [6, 6.07) is 11.7. The van der Waals surface area contributed by atoms with E-state index in [1.807, 2.05) is 31.2 Å². The van der Waals surface area contributed by atoms with Gasteiger partial charge in [0.25, 0.3) is 0 Å². The summed E-state index contributed by atoms with van der Waals surface area (Å²) in [5.74, 6) is -0.366. The number of ketones is 1. The van der Waals surface area contributed by atoms with E-state index in [0.29, 0.717) is 5.82 Å². The lowest BCUT2D eigenvalue weighted by molar-refractivity contribution is 0.0961. The number of carbonyl (C=O) groups is 1. The number of aryl methyl sites for hydroxylation is 1. The second-order valence-corrected chi connectivity index (χ2v) is 5.23. The number of carbonyl (C=O) groups excluding carboxylic acids is 1. The van der Waals surface area contributed by atoms with Gasteiger partial charge in [-0.2, -0.15) is 4.80 Å². The van der Waals surface area contributed by atoms with E-state index in [9.17, 15) is 9.18 Å². The molecule has 0 aliphatic heterocycles. The highest BCUT2D eigenvalue weighted by Gasteiger charge is 2.14. The third kappa shape index (κ3) is 3.15. The van der Waals surface area contributed by atoms with Gasteiger partial charge in [-0.3, -0.25) is 4.79 Å². The zero-order valence-electron chi connectivity index (χ0n) is 13.2. The molecule has 7 heteroatoms. The second-order valence-electron chi connectivity index (χ2n) is 5.23. The summed E-state index contributed by atoms with van der Waals surface area (Å²) >= 11 is 0. The van der Waals surface area contributed by atoms with Crippen molar-refractivity contribution in [1.29, 1.82) is 0 Å². The number of aromatic nitrogens is 4. The predicted molar refractivity (Wildman–Crippen MR) is 85.3 cm³/mol. The molecule has 0 saturated carbocycles. The van der Waals surface area contributed by atoms with Crippen LogP contribution in [-0.2, 0) is 6.54 Å². The van der Waals surface area contributed by atoms with Gasteiger partial charge in [0.2, 0.25) is 5.82 Å². The Labute approximate surface area is 137 Å². The molecule has 0 bridgehead atoms. The monoisotopic (exact) mass is 326 g/mol. The quantitative estimate of drug-likeness (QED) is 0.674. The van der Waals surface area contributed by atoms with Gasteiger partial charge in [-0.1, -0.05) is 24.3 Å². The van der Waals surface area contributed by atoms with E-state index in [-0.39, 0.29) is 23.6 Å². The van der Waals surface area contributed by atoms with E-state index >= 15 is 0 Å². The SMILES string of the molecule is COc1ccc(C(=O)Cn2nnc(-c3ccccc3C)n2)cc1F. The molecule has 0 amide bonds. The molecule has 0 atom stereocenters. The van der Waals surface area contributed by atoms with Crippen LogP contribution in [0.15, 0.2) is 42.5 Å². The van der Waals surface area contributed by atoms with Gasteiger partial charge in [0.1, 0.15) is 6.54 Å². The van der Waals surface area contributed by atoms with Crippen molar-refractivity contribution in [2.45, 2.75) is 13.5 Å². The highest BCUT2D eigenvalue weighted by atomic mass is 19.1. The standard InChI is InChI=1S/C17H15FN4O2/c1-11-5-3-4-6-13(11)17-19-21-22(20-17)10-15(23)12-7-8-16(24-2)14(18)9-12/h3-9H,10H2,1-2H3. The molecular weight excluding hydrogens is 311 g/mol. The van der Waals surface area contributed by atoms with Crippen molar-refractivity contribution in [2.75, 3.05) is 7.11 Å². The fourth-order valence-corrected chi connectivity index (χ4v) is 2.30. The van der Waals surface area contributed by atoms with Crippen molar-refractivity contribution in [3.05, 3.63) is 59.4 Å². The molecule has 6 nitrogen and oxygen atoms in total. The summed E-state index contributed by atoms with van der Waals surface area (Å²) in [7, 11) is 1.37. The van der Waals surface area contributed by atoms with E-state index in [2.05, 4.69) is 15.4 Å². The van der Waals surface area contributed by atoms with Crippen LogP contribution < -0.4 is 4.74 Å². The molecule has 3 rings (SSSR count). The third-order valence-electron chi connectivity index (χ3n) is 3.60. The molecule has 0 radical (unpaired) electrons. The molecule has 0 N–H and O–H groups in total. The molecule has 0 fully saturated rings. The molecule has 0 unspecified atom stereocenters. The number of benzene rings is 2. The molecule has 3 aromatic rings. The molecular formula is C17H15FN4O2. The summed E-state index contributed by atoms with van der Waals surface area (Å²) in [6.45, 7) is 1.83. The van der Waals surface area contributed by atoms with Crippen LogP contribution in [0.3, 0.4) is 0 Å². The lowest BCUT2D eigenvalue weighted by Crippen LogP contribution is -2.13. The molecule has 0 aliphatic rings. The predicted octanol–water partition coefficient (Wildman–Crippen LogP) is 2.68. The van der Waals surface area contributed by atoms with E-state index in [0.717, 1.165) is 17.2 Å². The normalized spacial score (nSPS) is 10.6. The molecule has 122 valence electrons. The van der Waals surface area contributed by atoms with Crippen molar-refractivity contribution in [2.24, 2.45) is 0 Å². The minimum Gasteiger partial charge on any atom is -0.494 e. The summed E-state index contributed by atoms with van der Waals surface area (Å²) in [4.78, 5) is 13.4. The maximum atomic E-state index is 13.7. The molecule has 24 heavy (non-hydrogen) atoms. The van der Waals surface area contributed by atoms with Gasteiger partial charge in [-0.15, -0.1) is 10.2 Å². The van der Waals surface area contributed by atoms with Crippen molar-refractivity contribution in [3.63, 3.8) is 0 Å². The number of hydrogen-bond donors (Lipinski definition) is 0. The zero-order chi connectivity index (χ0) is 17.1. The van der Waals surface area contributed by atoms with Crippen molar-refractivity contribution < 1.29 is 13.9 Å². The summed E-state index contributed by atoms with van der Waals surface area (Å²) in [5, 5.41) is 12.1. The number of nitrogens with zero attached hydrogens (tertiary/aromatic N) is 4. The summed E-state index contributed by atoms with van der Waals surface area (Å²) in [5.41, 5.74) is 2.09. The zero-order valence-corrected chi connectivity index (χ0v) is 13.2. The number of Topliss-reactive ketones (excluding diaryl/α,β-unsaturated/α-hetero) is 1. The van der Waals surface area contributed by atoms with Crippen LogP contribution in [0.25, 0.3) is 11.4 Å². The second kappa shape index (κ2) is 6.57. The average Bonchev–Trinajstić information content (AvgIpc) is 3.03. The average molecular weight is 326 g/mol. The van der Waals surface area contributed by atoms with Crippen LogP contribution in [0.1, 0.15) is 15.9 Å². The fraction of sp³-hybridized carbons (Fsp3) is 0.176. The number of halogens is 1. The van der Waals surface area contributed by atoms with E-state index in [4.69, 9.17) is 4.74 Å². The summed E-state index contributed by atoms with van der Waals surface area (Å²) in [6.07, 6.45) is 0. The lowest BCUT2D eigenvalue weighted by atomic mass is 10.1. The first-order chi connectivity index (χ1) is 11.6. The topological polar surface area (TPSA) is 69.9 Å². The Balaban J connectivity index is 1.78. The number of methoxy groups -OCH3 is 1.